The molecule has 2 heterocycles. The number of carbonyl (C=O) groups excluding carboxylic acids is 1. The van der Waals surface area contributed by atoms with Gasteiger partial charge in [-0.25, -0.2) is 0 Å². The molecule has 128 valence electrons. The second-order valence-electron chi connectivity index (χ2n) is 6.45. The molecule has 0 unspecified atom stereocenters. The zero-order valence-corrected chi connectivity index (χ0v) is 14.4. The zero-order chi connectivity index (χ0) is 17.4. The fourth-order valence-electron chi connectivity index (χ4n) is 3.10. The largest absolute Gasteiger partial charge is 0.367 e. The normalized spacial score (nSPS) is 17.4. The van der Waals surface area contributed by atoms with Crippen molar-refractivity contribution in [3.05, 3.63) is 46.3 Å². The Morgan fingerprint density at radius 3 is 2.64 bits per heavy atom. The van der Waals surface area contributed by atoms with Crippen molar-refractivity contribution in [2.24, 2.45) is 0 Å². The van der Waals surface area contributed by atoms with E-state index in [1.54, 1.807) is 23.1 Å². The maximum atomic E-state index is 12.6. The third-order valence-electron chi connectivity index (χ3n) is 4.71. The lowest BCUT2D eigenvalue weighted by Gasteiger charge is -2.36. The van der Waals surface area contributed by atoms with Crippen LogP contribution in [0.5, 0.6) is 0 Å². The van der Waals surface area contributed by atoms with Gasteiger partial charge in [-0.1, -0.05) is 16.8 Å². The number of rotatable bonds is 3. The van der Waals surface area contributed by atoms with Crippen molar-refractivity contribution in [3.63, 3.8) is 0 Å². The summed E-state index contributed by atoms with van der Waals surface area (Å²) in [7, 11) is 0. The summed E-state index contributed by atoms with van der Waals surface area (Å²) in [5, 5.41) is 13.4. The topological polar surface area (TPSA) is 73.4 Å². The van der Waals surface area contributed by atoms with E-state index in [2.05, 4.69) is 16.1 Å². The summed E-state index contributed by atoms with van der Waals surface area (Å²) in [4.78, 5) is 16.5. The SMILES string of the molecule is N#Cc1ccc(N2CCN(C(=O)c3cc(C4CC4)on3)CC2)c(Cl)c1. The molecule has 2 aliphatic rings. The summed E-state index contributed by atoms with van der Waals surface area (Å²) in [6.45, 7) is 2.57. The van der Waals surface area contributed by atoms with Crippen molar-refractivity contribution in [2.45, 2.75) is 18.8 Å². The molecule has 0 atom stereocenters. The van der Waals surface area contributed by atoms with Gasteiger partial charge in [-0.3, -0.25) is 4.79 Å². The lowest BCUT2D eigenvalue weighted by atomic mass is 10.2. The first kappa shape index (κ1) is 16.0. The Balaban J connectivity index is 1.40. The maximum Gasteiger partial charge on any atom is 0.276 e. The van der Waals surface area contributed by atoms with E-state index in [1.165, 1.54) is 0 Å². The molecule has 7 heteroatoms. The number of carbonyl (C=O) groups is 1. The smallest absolute Gasteiger partial charge is 0.276 e. The van der Waals surface area contributed by atoms with Crippen LogP contribution >= 0.6 is 11.6 Å². The van der Waals surface area contributed by atoms with Crippen LogP contribution in [-0.4, -0.2) is 42.1 Å². The molecule has 0 radical (unpaired) electrons. The minimum atomic E-state index is -0.0822. The molecule has 6 nitrogen and oxygen atoms in total. The number of halogens is 1. The summed E-state index contributed by atoms with van der Waals surface area (Å²) in [5.74, 6) is 1.19. The minimum Gasteiger partial charge on any atom is -0.367 e. The molecule has 1 aliphatic carbocycles. The Kier molecular flexibility index (Phi) is 4.10. The van der Waals surface area contributed by atoms with E-state index in [0.29, 0.717) is 48.4 Å². The average Bonchev–Trinajstić information content (AvgIpc) is 3.38. The molecule has 2 fully saturated rings. The minimum absolute atomic E-state index is 0.0822. The van der Waals surface area contributed by atoms with Gasteiger partial charge in [-0.2, -0.15) is 5.26 Å². The first-order valence-electron chi connectivity index (χ1n) is 8.36. The molecule has 1 aliphatic heterocycles. The molecule has 1 saturated heterocycles. The highest BCUT2D eigenvalue weighted by molar-refractivity contribution is 6.33. The van der Waals surface area contributed by atoms with Crippen LogP contribution in [0.2, 0.25) is 5.02 Å². The monoisotopic (exact) mass is 356 g/mol. The van der Waals surface area contributed by atoms with Crippen LogP contribution in [0.25, 0.3) is 0 Å². The summed E-state index contributed by atoms with van der Waals surface area (Å²) >= 11 is 6.28. The zero-order valence-electron chi connectivity index (χ0n) is 13.6. The lowest BCUT2D eigenvalue weighted by molar-refractivity contribution is 0.0736. The number of anilines is 1. The van der Waals surface area contributed by atoms with Gasteiger partial charge in [0.05, 0.1) is 22.3 Å². The summed E-state index contributed by atoms with van der Waals surface area (Å²) in [6, 6.07) is 9.15. The van der Waals surface area contributed by atoms with Crippen molar-refractivity contribution in [3.8, 4) is 6.07 Å². The molecule has 1 aromatic carbocycles. The summed E-state index contributed by atoms with van der Waals surface area (Å²) in [5.41, 5.74) is 1.83. The molecule has 2 aromatic rings. The molecule has 25 heavy (non-hydrogen) atoms. The molecule has 1 saturated carbocycles. The van der Waals surface area contributed by atoms with E-state index in [4.69, 9.17) is 21.4 Å². The maximum absolute atomic E-state index is 12.6. The Hall–Kier alpha value is -2.52. The van der Waals surface area contributed by atoms with Crippen LogP contribution in [-0.2, 0) is 0 Å². The van der Waals surface area contributed by atoms with E-state index in [1.807, 2.05) is 6.07 Å². The fraction of sp³-hybridized carbons (Fsp3) is 0.389. The van der Waals surface area contributed by atoms with Gasteiger partial charge >= 0.3 is 0 Å². The van der Waals surface area contributed by atoms with E-state index in [0.717, 1.165) is 24.3 Å². The van der Waals surface area contributed by atoms with Gasteiger partial charge in [0.1, 0.15) is 5.76 Å². The van der Waals surface area contributed by atoms with Gasteiger partial charge in [-0.15, -0.1) is 0 Å². The number of hydrogen-bond acceptors (Lipinski definition) is 5. The molecule has 0 bridgehead atoms. The molecule has 1 amide bonds. The highest BCUT2D eigenvalue weighted by Gasteiger charge is 2.30. The Morgan fingerprint density at radius 2 is 2.00 bits per heavy atom. The van der Waals surface area contributed by atoms with Crippen molar-refractivity contribution in [1.29, 1.82) is 5.26 Å². The van der Waals surface area contributed by atoms with Gasteiger partial charge in [0.15, 0.2) is 5.69 Å². The number of benzene rings is 1. The number of piperazine rings is 1. The van der Waals surface area contributed by atoms with E-state index in [9.17, 15) is 4.79 Å². The van der Waals surface area contributed by atoms with Crippen LogP contribution in [0.4, 0.5) is 5.69 Å². The predicted octanol–water partition coefficient (Wildman–Crippen LogP) is 3.04. The van der Waals surface area contributed by atoms with E-state index in [-0.39, 0.29) is 5.91 Å². The Morgan fingerprint density at radius 1 is 1.24 bits per heavy atom. The molecule has 1 aromatic heterocycles. The van der Waals surface area contributed by atoms with Gasteiger partial charge in [-0.05, 0) is 31.0 Å². The standard InChI is InChI=1S/C18H17ClN4O2/c19-14-9-12(11-20)1-4-16(14)22-5-7-23(8-6-22)18(24)15-10-17(25-21-15)13-2-3-13/h1,4,9-10,13H,2-3,5-8H2. The van der Waals surface area contributed by atoms with Crippen LogP contribution in [0, 0.1) is 11.3 Å². The number of nitrogens with zero attached hydrogens (tertiary/aromatic N) is 4. The van der Waals surface area contributed by atoms with Gasteiger partial charge in [0.25, 0.3) is 5.91 Å². The molecular formula is C18H17ClN4O2. The van der Waals surface area contributed by atoms with Crippen molar-refractivity contribution < 1.29 is 9.32 Å². The third-order valence-corrected chi connectivity index (χ3v) is 5.01. The lowest BCUT2D eigenvalue weighted by Crippen LogP contribution is -2.49. The number of amides is 1. The fourth-order valence-corrected chi connectivity index (χ4v) is 3.40. The second kappa shape index (κ2) is 6.41. The van der Waals surface area contributed by atoms with Crippen LogP contribution in [0.15, 0.2) is 28.8 Å². The summed E-state index contributed by atoms with van der Waals surface area (Å²) in [6.07, 6.45) is 2.24. The Labute approximate surface area is 150 Å². The second-order valence-corrected chi connectivity index (χ2v) is 6.85. The molecule has 4 rings (SSSR count). The van der Waals surface area contributed by atoms with Gasteiger partial charge in [0.2, 0.25) is 0 Å². The molecule has 0 spiro atoms. The van der Waals surface area contributed by atoms with Crippen LogP contribution < -0.4 is 4.90 Å². The van der Waals surface area contributed by atoms with Crippen LogP contribution in [0.3, 0.4) is 0 Å². The van der Waals surface area contributed by atoms with Gasteiger partial charge in [0, 0.05) is 38.2 Å². The predicted molar refractivity (Wildman–Crippen MR) is 92.8 cm³/mol. The van der Waals surface area contributed by atoms with Crippen LogP contribution in [0.1, 0.15) is 40.6 Å². The number of hydrogen-bond donors (Lipinski definition) is 0. The number of nitriles is 1. The number of aromatic nitrogens is 1. The third kappa shape index (κ3) is 3.20. The van der Waals surface area contributed by atoms with Gasteiger partial charge < -0.3 is 14.3 Å². The van der Waals surface area contributed by atoms with E-state index < -0.39 is 0 Å². The summed E-state index contributed by atoms with van der Waals surface area (Å²) < 4.78 is 5.28. The van der Waals surface area contributed by atoms with Crippen molar-refractivity contribution in [2.75, 3.05) is 31.1 Å². The highest BCUT2D eigenvalue weighted by Crippen LogP contribution is 2.40. The van der Waals surface area contributed by atoms with E-state index >= 15 is 0 Å². The average molecular weight is 357 g/mol. The van der Waals surface area contributed by atoms with Crippen molar-refractivity contribution in [1.82, 2.24) is 10.1 Å². The quantitative estimate of drug-likeness (QED) is 0.845. The highest BCUT2D eigenvalue weighted by atomic mass is 35.5. The first-order valence-corrected chi connectivity index (χ1v) is 8.74. The molecular weight excluding hydrogens is 340 g/mol. The van der Waals surface area contributed by atoms with Crippen molar-refractivity contribution >= 4 is 23.2 Å². The first-order chi connectivity index (χ1) is 12.2. The molecule has 0 N–H and O–H groups in total. The Bertz CT molecular complexity index is 845.